The molecule has 2 fully saturated rings. The van der Waals surface area contributed by atoms with Crippen LogP contribution in [0.3, 0.4) is 0 Å². The number of phenolic OH excluding ortho intramolecular Hbond substituents is 1. The molecule has 2 atom stereocenters. The van der Waals surface area contributed by atoms with E-state index in [1.54, 1.807) is 6.07 Å². The molecule has 0 spiro atoms. The third-order valence-corrected chi connectivity index (χ3v) is 8.27. The molecule has 31 heavy (non-hydrogen) atoms. The van der Waals surface area contributed by atoms with E-state index in [0.717, 1.165) is 34.4 Å². The highest BCUT2D eigenvalue weighted by atomic mass is 32.2. The summed E-state index contributed by atoms with van der Waals surface area (Å²) in [6.45, 7) is 7.87. The lowest BCUT2D eigenvalue weighted by atomic mass is 9.70. The number of ketones is 1. The van der Waals surface area contributed by atoms with E-state index < -0.39 is 21.3 Å². The van der Waals surface area contributed by atoms with Gasteiger partial charge in [-0.2, -0.15) is 0 Å². The van der Waals surface area contributed by atoms with Gasteiger partial charge in [-0.25, -0.2) is 8.42 Å². The van der Waals surface area contributed by atoms with Crippen LogP contribution in [0.2, 0.25) is 0 Å². The molecule has 0 aromatic heterocycles. The summed E-state index contributed by atoms with van der Waals surface area (Å²) in [6.07, 6.45) is 1.88. The topological polar surface area (TPSA) is 122 Å². The van der Waals surface area contributed by atoms with Crippen molar-refractivity contribution >= 4 is 21.6 Å². The molecule has 0 amide bonds. The number of quaternary nitrogens is 1. The molecule has 0 heterocycles. The molecule has 0 aliphatic heterocycles. The SMILES string of the molecule is CC1(C)[C@@H]2CC[C@@]1(CS(=O)(=O)[O-])C(=O)C2.Cc1cccc([NH3+])c1-c1c(C)cccc1O. The van der Waals surface area contributed by atoms with Gasteiger partial charge < -0.3 is 15.4 Å². The van der Waals surface area contributed by atoms with Gasteiger partial charge in [0.2, 0.25) is 0 Å². The van der Waals surface area contributed by atoms with Gasteiger partial charge in [-0.15, -0.1) is 0 Å². The third-order valence-electron chi connectivity index (χ3n) is 7.42. The molecule has 0 radical (unpaired) electrons. The van der Waals surface area contributed by atoms with Gasteiger partial charge in [-0.1, -0.05) is 38.1 Å². The van der Waals surface area contributed by atoms with Crippen molar-refractivity contribution < 1.29 is 28.6 Å². The number of carbonyl (C=O) groups excluding carboxylic acids is 1. The summed E-state index contributed by atoms with van der Waals surface area (Å²) >= 11 is 0. The molecule has 168 valence electrons. The molecule has 6 nitrogen and oxygen atoms in total. The van der Waals surface area contributed by atoms with E-state index in [4.69, 9.17) is 0 Å². The summed E-state index contributed by atoms with van der Waals surface area (Å²) in [6, 6.07) is 11.6. The zero-order valence-corrected chi connectivity index (χ0v) is 19.4. The van der Waals surface area contributed by atoms with Gasteiger partial charge in [0.05, 0.1) is 15.9 Å². The van der Waals surface area contributed by atoms with Crippen LogP contribution in [0, 0.1) is 30.6 Å². The van der Waals surface area contributed by atoms with Crippen molar-refractivity contribution in [1.82, 2.24) is 0 Å². The largest absolute Gasteiger partial charge is 0.748 e. The van der Waals surface area contributed by atoms with Crippen LogP contribution in [0.25, 0.3) is 11.1 Å². The Bertz CT molecular complexity index is 1030. The summed E-state index contributed by atoms with van der Waals surface area (Å²) in [5.41, 5.74) is 7.89. The molecule has 2 aliphatic rings. The van der Waals surface area contributed by atoms with Gasteiger partial charge in [0.25, 0.3) is 0 Å². The minimum absolute atomic E-state index is 0.0248. The van der Waals surface area contributed by atoms with Gasteiger partial charge in [0.15, 0.2) is 0 Å². The number of hydrogen-bond donors (Lipinski definition) is 2. The van der Waals surface area contributed by atoms with Gasteiger partial charge in [0.1, 0.15) is 17.2 Å². The maximum atomic E-state index is 11.8. The Balaban J connectivity index is 0.000000176. The highest BCUT2D eigenvalue weighted by Gasteiger charge is 2.64. The van der Waals surface area contributed by atoms with Crippen LogP contribution in [0.4, 0.5) is 5.69 Å². The van der Waals surface area contributed by atoms with Gasteiger partial charge >= 0.3 is 0 Å². The van der Waals surface area contributed by atoms with E-state index in [-0.39, 0.29) is 17.1 Å². The Morgan fingerprint density at radius 2 is 1.68 bits per heavy atom. The zero-order valence-electron chi connectivity index (χ0n) is 18.6. The Morgan fingerprint density at radius 3 is 2.13 bits per heavy atom. The quantitative estimate of drug-likeness (QED) is 0.701. The van der Waals surface area contributed by atoms with Crippen molar-refractivity contribution in [3.05, 3.63) is 47.5 Å². The van der Waals surface area contributed by atoms with Crippen LogP contribution >= 0.6 is 0 Å². The number of aromatic hydroxyl groups is 1. The van der Waals surface area contributed by atoms with Crippen molar-refractivity contribution in [2.75, 3.05) is 5.75 Å². The number of carbonyl (C=O) groups is 1. The molecule has 4 rings (SSSR count). The molecular weight excluding hydrogens is 414 g/mol. The second-order valence-corrected chi connectivity index (χ2v) is 10.9. The first-order valence-corrected chi connectivity index (χ1v) is 12.1. The molecule has 0 saturated heterocycles. The van der Waals surface area contributed by atoms with Crippen LogP contribution in [-0.4, -0.2) is 29.6 Å². The third kappa shape index (κ3) is 4.14. The number of Topliss-reactive ketones (excluding diaryl/α,β-unsaturated/α-hetero) is 1. The van der Waals surface area contributed by atoms with Crippen LogP contribution < -0.4 is 5.73 Å². The van der Waals surface area contributed by atoms with E-state index >= 15 is 0 Å². The maximum absolute atomic E-state index is 11.8. The normalized spacial score (nSPS) is 24.1. The smallest absolute Gasteiger partial charge is 0.140 e. The van der Waals surface area contributed by atoms with E-state index in [2.05, 4.69) is 5.73 Å². The Morgan fingerprint density at radius 1 is 1.10 bits per heavy atom. The van der Waals surface area contributed by atoms with Crippen molar-refractivity contribution in [1.29, 1.82) is 0 Å². The Kier molecular flexibility index (Phi) is 6.08. The van der Waals surface area contributed by atoms with Crippen LogP contribution in [0.1, 0.15) is 44.2 Å². The average Bonchev–Trinajstić information content (AvgIpc) is 2.97. The highest BCUT2D eigenvalue weighted by molar-refractivity contribution is 7.85. The lowest BCUT2D eigenvalue weighted by Crippen LogP contribution is -2.42. The van der Waals surface area contributed by atoms with Crippen LogP contribution in [0.5, 0.6) is 5.75 Å². The summed E-state index contributed by atoms with van der Waals surface area (Å²) in [5, 5.41) is 9.97. The minimum atomic E-state index is -4.33. The second-order valence-electron chi connectivity index (χ2n) is 9.45. The number of hydrogen-bond acceptors (Lipinski definition) is 5. The monoisotopic (exact) mass is 445 g/mol. The number of benzene rings is 2. The fourth-order valence-corrected chi connectivity index (χ4v) is 6.75. The Hall–Kier alpha value is -2.22. The molecule has 7 heteroatoms. The molecule has 4 N–H and O–H groups in total. The first-order chi connectivity index (χ1) is 14.3. The molecule has 2 aromatic carbocycles. The van der Waals surface area contributed by atoms with Gasteiger partial charge in [-0.3, -0.25) is 4.79 Å². The average molecular weight is 446 g/mol. The summed E-state index contributed by atoms with van der Waals surface area (Å²) in [4.78, 5) is 11.8. The van der Waals surface area contributed by atoms with Crippen molar-refractivity contribution in [2.45, 2.75) is 47.0 Å². The molecular formula is C24H31NO5S. The first-order valence-electron chi connectivity index (χ1n) is 10.5. The van der Waals surface area contributed by atoms with E-state index in [0.29, 0.717) is 18.6 Å². The predicted octanol–water partition coefficient (Wildman–Crippen LogP) is 3.48. The maximum Gasteiger partial charge on any atom is 0.140 e. The number of aryl methyl sites for hydroxylation is 2. The number of rotatable bonds is 3. The Labute approximate surface area is 184 Å². The lowest BCUT2D eigenvalue weighted by Gasteiger charge is -2.37. The molecule has 0 unspecified atom stereocenters. The van der Waals surface area contributed by atoms with Crippen molar-refractivity contribution in [2.24, 2.45) is 16.7 Å². The standard InChI is InChI=1S/C14H15NO.C10H16O4S/c1-9-5-3-7-11(15)13(9)14-10(2)6-4-8-12(14)16;1-9(2)7-3-4-10(9,8(11)5-7)6-15(12,13)14/h3-8,16H,15H2,1-2H3;7H,3-6H2,1-2H3,(H,12,13,14)/t;7-,10-/m.1/s1. The van der Waals surface area contributed by atoms with Crippen molar-refractivity contribution in [3.8, 4) is 16.9 Å². The fraction of sp³-hybridized carbons (Fsp3) is 0.458. The van der Waals surface area contributed by atoms with E-state index in [9.17, 15) is 22.9 Å². The van der Waals surface area contributed by atoms with Crippen LogP contribution in [0.15, 0.2) is 36.4 Å². The fourth-order valence-electron chi connectivity index (χ4n) is 5.47. The van der Waals surface area contributed by atoms with Crippen LogP contribution in [-0.2, 0) is 14.9 Å². The van der Waals surface area contributed by atoms with Gasteiger partial charge in [0, 0.05) is 23.0 Å². The first kappa shape index (κ1) is 23.4. The highest BCUT2D eigenvalue weighted by Crippen LogP contribution is 2.64. The van der Waals surface area contributed by atoms with Gasteiger partial charge in [-0.05, 0) is 61.3 Å². The molecule has 2 aliphatic carbocycles. The van der Waals surface area contributed by atoms with Crippen molar-refractivity contribution in [3.63, 3.8) is 0 Å². The van der Waals surface area contributed by atoms with E-state index in [1.807, 2.05) is 58.0 Å². The zero-order chi connectivity index (χ0) is 23.2. The minimum Gasteiger partial charge on any atom is -0.748 e. The summed E-state index contributed by atoms with van der Waals surface area (Å²) < 4.78 is 32.7. The molecule has 2 aromatic rings. The van der Waals surface area contributed by atoms with E-state index in [1.165, 1.54) is 0 Å². The lowest BCUT2D eigenvalue weighted by molar-refractivity contribution is -0.253. The summed E-state index contributed by atoms with van der Waals surface area (Å²) in [5.74, 6) is 0.0385. The summed E-state index contributed by atoms with van der Waals surface area (Å²) in [7, 11) is -4.33. The number of phenols is 1. The molecule has 2 saturated carbocycles. The number of fused-ring (bicyclic) bond motifs is 2. The molecule has 2 bridgehead atoms. The second kappa shape index (κ2) is 8.04. The predicted molar refractivity (Wildman–Crippen MR) is 119 cm³/mol.